The fraction of sp³-hybridized carbons (Fsp3) is 0.875. The van der Waals surface area contributed by atoms with Crippen LogP contribution in [0.4, 0.5) is 0 Å². The van der Waals surface area contributed by atoms with Crippen LogP contribution in [0.2, 0.25) is 0 Å². The number of rotatable bonds is 4. The zero-order chi connectivity index (χ0) is 9.52. The van der Waals surface area contributed by atoms with Gasteiger partial charge in [0.2, 0.25) is 0 Å². The second kappa shape index (κ2) is 5.90. The molecule has 0 spiro atoms. The number of ether oxygens (including phenoxy) is 2. The Morgan fingerprint density at radius 1 is 1.46 bits per heavy atom. The SMILES string of the molecule is CNCCNC(=O)C1COCCO1. The first-order chi connectivity index (χ1) is 6.34. The quantitative estimate of drug-likeness (QED) is 0.540. The van der Waals surface area contributed by atoms with E-state index in [1.165, 1.54) is 0 Å². The van der Waals surface area contributed by atoms with Crippen molar-refractivity contribution in [1.29, 1.82) is 0 Å². The van der Waals surface area contributed by atoms with Gasteiger partial charge >= 0.3 is 0 Å². The van der Waals surface area contributed by atoms with Gasteiger partial charge < -0.3 is 20.1 Å². The highest BCUT2D eigenvalue weighted by molar-refractivity contribution is 5.80. The highest BCUT2D eigenvalue weighted by atomic mass is 16.6. The number of nitrogens with one attached hydrogen (secondary N) is 2. The van der Waals surface area contributed by atoms with Gasteiger partial charge in [0.1, 0.15) is 0 Å². The molecule has 0 aromatic rings. The standard InChI is InChI=1S/C8H16N2O3/c1-9-2-3-10-8(11)7-6-12-4-5-13-7/h7,9H,2-6H2,1H3,(H,10,11). The van der Waals surface area contributed by atoms with E-state index in [1.54, 1.807) is 0 Å². The second-order valence-electron chi connectivity index (χ2n) is 2.83. The molecule has 76 valence electrons. The summed E-state index contributed by atoms with van der Waals surface area (Å²) < 4.78 is 10.3. The molecule has 0 radical (unpaired) electrons. The van der Waals surface area contributed by atoms with Crippen LogP contribution in [0.25, 0.3) is 0 Å². The molecule has 0 aliphatic carbocycles. The zero-order valence-corrected chi connectivity index (χ0v) is 7.84. The van der Waals surface area contributed by atoms with Crippen LogP contribution in [-0.2, 0) is 14.3 Å². The lowest BCUT2D eigenvalue weighted by Gasteiger charge is -2.21. The summed E-state index contributed by atoms with van der Waals surface area (Å²) in [5.41, 5.74) is 0. The molecule has 1 aliphatic heterocycles. The van der Waals surface area contributed by atoms with Crippen LogP contribution >= 0.6 is 0 Å². The Hall–Kier alpha value is -0.650. The van der Waals surface area contributed by atoms with Gasteiger partial charge in [-0.05, 0) is 7.05 Å². The summed E-state index contributed by atoms with van der Waals surface area (Å²) >= 11 is 0. The first-order valence-corrected chi connectivity index (χ1v) is 4.46. The van der Waals surface area contributed by atoms with E-state index in [9.17, 15) is 4.79 Å². The predicted molar refractivity (Wildman–Crippen MR) is 47.5 cm³/mol. The summed E-state index contributed by atoms with van der Waals surface area (Å²) in [6, 6.07) is 0. The molecule has 13 heavy (non-hydrogen) atoms. The minimum atomic E-state index is -0.425. The number of likely N-dealkylation sites (N-methyl/N-ethyl adjacent to an activating group) is 1. The van der Waals surface area contributed by atoms with E-state index < -0.39 is 6.10 Å². The van der Waals surface area contributed by atoms with Crippen molar-refractivity contribution >= 4 is 5.91 Å². The van der Waals surface area contributed by atoms with Gasteiger partial charge in [0.05, 0.1) is 19.8 Å². The van der Waals surface area contributed by atoms with E-state index in [0.717, 1.165) is 6.54 Å². The maximum atomic E-state index is 11.3. The molecular weight excluding hydrogens is 172 g/mol. The van der Waals surface area contributed by atoms with E-state index in [1.807, 2.05) is 7.05 Å². The molecule has 0 bridgehead atoms. The van der Waals surface area contributed by atoms with E-state index in [4.69, 9.17) is 9.47 Å². The highest BCUT2D eigenvalue weighted by Gasteiger charge is 2.21. The Morgan fingerprint density at radius 3 is 2.92 bits per heavy atom. The van der Waals surface area contributed by atoms with Crippen molar-refractivity contribution in [2.45, 2.75) is 6.10 Å². The van der Waals surface area contributed by atoms with Crippen molar-refractivity contribution in [1.82, 2.24) is 10.6 Å². The Kier molecular flexibility index (Phi) is 4.74. The monoisotopic (exact) mass is 188 g/mol. The second-order valence-corrected chi connectivity index (χ2v) is 2.83. The molecule has 1 amide bonds. The van der Waals surface area contributed by atoms with Gasteiger partial charge in [-0.1, -0.05) is 0 Å². The average Bonchev–Trinajstić information content (AvgIpc) is 2.19. The summed E-state index contributed by atoms with van der Waals surface area (Å²) in [5, 5.41) is 5.69. The van der Waals surface area contributed by atoms with E-state index in [-0.39, 0.29) is 5.91 Å². The molecule has 0 aromatic heterocycles. The van der Waals surface area contributed by atoms with E-state index in [2.05, 4.69) is 10.6 Å². The summed E-state index contributed by atoms with van der Waals surface area (Å²) in [4.78, 5) is 11.3. The van der Waals surface area contributed by atoms with Crippen LogP contribution in [0.3, 0.4) is 0 Å². The van der Waals surface area contributed by atoms with Crippen molar-refractivity contribution in [2.75, 3.05) is 40.0 Å². The van der Waals surface area contributed by atoms with Crippen LogP contribution in [0.5, 0.6) is 0 Å². The van der Waals surface area contributed by atoms with Crippen LogP contribution in [0.15, 0.2) is 0 Å². The minimum absolute atomic E-state index is 0.0880. The van der Waals surface area contributed by atoms with Gasteiger partial charge in [0.15, 0.2) is 6.10 Å². The Labute approximate surface area is 77.8 Å². The van der Waals surface area contributed by atoms with Crippen LogP contribution in [-0.4, -0.2) is 52.0 Å². The third-order valence-corrected chi connectivity index (χ3v) is 1.78. The molecule has 1 atom stereocenters. The molecule has 1 saturated heterocycles. The van der Waals surface area contributed by atoms with E-state index in [0.29, 0.717) is 26.4 Å². The Balaban J connectivity index is 2.13. The molecule has 1 aliphatic rings. The van der Waals surface area contributed by atoms with Gasteiger partial charge in [-0.15, -0.1) is 0 Å². The van der Waals surface area contributed by atoms with Crippen molar-refractivity contribution in [3.63, 3.8) is 0 Å². The fourth-order valence-electron chi connectivity index (χ4n) is 1.06. The summed E-state index contributed by atoms with van der Waals surface area (Å²) in [6.45, 7) is 2.84. The summed E-state index contributed by atoms with van der Waals surface area (Å²) in [6.07, 6.45) is -0.425. The number of hydrogen-bond acceptors (Lipinski definition) is 4. The maximum Gasteiger partial charge on any atom is 0.251 e. The predicted octanol–water partition coefficient (Wildman–Crippen LogP) is -1.26. The van der Waals surface area contributed by atoms with E-state index >= 15 is 0 Å². The fourth-order valence-corrected chi connectivity index (χ4v) is 1.06. The molecule has 1 fully saturated rings. The van der Waals surface area contributed by atoms with Gasteiger partial charge in [-0.25, -0.2) is 0 Å². The molecular formula is C8H16N2O3. The van der Waals surface area contributed by atoms with Crippen molar-refractivity contribution < 1.29 is 14.3 Å². The third-order valence-electron chi connectivity index (χ3n) is 1.78. The van der Waals surface area contributed by atoms with Gasteiger partial charge in [0, 0.05) is 13.1 Å². The first kappa shape index (κ1) is 10.4. The molecule has 2 N–H and O–H groups in total. The highest BCUT2D eigenvalue weighted by Crippen LogP contribution is 1.99. The lowest BCUT2D eigenvalue weighted by Crippen LogP contribution is -2.44. The number of hydrogen-bond donors (Lipinski definition) is 2. The van der Waals surface area contributed by atoms with Gasteiger partial charge in [-0.2, -0.15) is 0 Å². The number of carbonyl (C=O) groups excluding carboxylic acids is 1. The molecule has 0 saturated carbocycles. The lowest BCUT2D eigenvalue weighted by molar-refractivity contribution is -0.147. The van der Waals surface area contributed by atoms with Crippen LogP contribution < -0.4 is 10.6 Å². The maximum absolute atomic E-state index is 11.3. The topological polar surface area (TPSA) is 59.6 Å². The molecule has 1 rings (SSSR count). The first-order valence-electron chi connectivity index (χ1n) is 4.46. The number of carbonyl (C=O) groups is 1. The summed E-state index contributed by atoms with van der Waals surface area (Å²) in [7, 11) is 1.84. The zero-order valence-electron chi connectivity index (χ0n) is 7.84. The minimum Gasteiger partial charge on any atom is -0.376 e. The average molecular weight is 188 g/mol. The Bertz CT molecular complexity index is 157. The number of amides is 1. The molecule has 1 unspecified atom stereocenters. The molecule has 1 heterocycles. The summed E-state index contributed by atoms with van der Waals surface area (Å²) in [5.74, 6) is -0.0880. The molecule has 0 aromatic carbocycles. The van der Waals surface area contributed by atoms with Crippen LogP contribution in [0, 0.1) is 0 Å². The lowest BCUT2D eigenvalue weighted by atomic mass is 10.3. The Morgan fingerprint density at radius 2 is 2.31 bits per heavy atom. The van der Waals surface area contributed by atoms with Gasteiger partial charge in [0.25, 0.3) is 5.91 Å². The van der Waals surface area contributed by atoms with Crippen molar-refractivity contribution in [3.05, 3.63) is 0 Å². The molecule has 5 nitrogen and oxygen atoms in total. The van der Waals surface area contributed by atoms with Crippen molar-refractivity contribution in [2.24, 2.45) is 0 Å². The van der Waals surface area contributed by atoms with Crippen molar-refractivity contribution in [3.8, 4) is 0 Å². The van der Waals surface area contributed by atoms with Crippen LogP contribution in [0.1, 0.15) is 0 Å². The normalized spacial score (nSPS) is 22.7. The van der Waals surface area contributed by atoms with Gasteiger partial charge in [-0.3, -0.25) is 4.79 Å². The largest absolute Gasteiger partial charge is 0.376 e. The smallest absolute Gasteiger partial charge is 0.251 e. The third kappa shape index (κ3) is 3.71. The molecule has 5 heteroatoms.